The minimum Gasteiger partial charge on any atom is -0.491 e. The zero-order valence-corrected chi connectivity index (χ0v) is 16.0. The van der Waals surface area contributed by atoms with E-state index in [2.05, 4.69) is 57.4 Å². The van der Waals surface area contributed by atoms with Crippen LogP contribution in [0.2, 0.25) is 0 Å². The molecule has 1 aromatic rings. The molecule has 0 amide bonds. The summed E-state index contributed by atoms with van der Waals surface area (Å²) in [5.41, 5.74) is 1.80. The molecule has 0 radical (unpaired) electrons. The maximum Gasteiger partial charge on any atom is 0.137 e. The van der Waals surface area contributed by atoms with E-state index in [9.17, 15) is 5.11 Å². The Kier molecular flexibility index (Phi) is 6.29. The van der Waals surface area contributed by atoms with Crippen LogP contribution in [-0.2, 0) is 6.42 Å². The molecule has 5 N–H and O–H groups in total. The highest BCUT2D eigenvalue weighted by atomic mass is 16.5. The number of benzene rings is 1. The molecular formula is C20H36N2O2+2. The lowest BCUT2D eigenvalue weighted by molar-refractivity contribution is -0.814. The fourth-order valence-electron chi connectivity index (χ4n) is 4.23. The van der Waals surface area contributed by atoms with E-state index in [1.807, 2.05) is 12.1 Å². The highest BCUT2D eigenvalue weighted by molar-refractivity contribution is 5.28. The van der Waals surface area contributed by atoms with Gasteiger partial charge in [0.15, 0.2) is 0 Å². The molecule has 1 aromatic carbocycles. The van der Waals surface area contributed by atoms with E-state index >= 15 is 0 Å². The van der Waals surface area contributed by atoms with Crippen LogP contribution in [0.1, 0.15) is 53.0 Å². The summed E-state index contributed by atoms with van der Waals surface area (Å²) in [5, 5.41) is 15.1. The van der Waals surface area contributed by atoms with Gasteiger partial charge < -0.3 is 20.5 Å². The number of nitrogens with two attached hydrogens (primary N) is 2. The zero-order chi connectivity index (χ0) is 17.8. The van der Waals surface area contributed by atoms with Crippen LogP contribution < -0.4 is 15.4 Å². The lowest BCUT2D eigenvalue weighted by Crippen LogP contribution is -3.09. The van der Waals surface area contributed by atoms with Gasteiger partial charge in [0.1, 0.15) is 25.0 Å². The molecule has 1 aliphatic rings. The number of aliphatic hydroxyl groups excluding tert-OH is 1. The van der Waals surface area contributed by atoms with Crippen LogP contribution in [0.3, 0.4) is 0 Å². The second-order valence-electron chi connectivity index (χ2n) is 8.73. The number of rotatable bonds is 7. The fourth-order valence-corrected chi connectivity index (χ4v) is 4.23. The van der Waals surface area contributed by atoms with Crippen molar-refractivity contribution in [3.05, 3.63) is 29.8 Å². The smallest absolute Gasteiger partial charge is 0.137 e. The normalized spacial score (nSPS) is 21.4. The topological polar surface area (TPSA) is 62.7 Å². The fraction of sp³-hybridized carbons (Fsp3) is 0.700. The summed E-state index contributed by atoms with van der Waals surface area (Å²) >= 11 is 0. The minimum atomic E-state index is -0.438. The first-order valence-corrected chi connectivity index (χ1v) is 9.29. The third-order valence-corrected chi connectivity index (χ3v) is 4.85. The number of piperidine rings is 1. The minimum absolute atomic E-state index is 0.269. The molecule has 0 unspecified atom stereocenters. The molecule has 0 bridgehead atoms. The summed E-state index contributed by atoms with van der Waals surface area (Å²) in [5.74, 6) is 0.850. The molecule has 136 valence electrons. The van der Waals surface area contributed by atoms with Crippen LogP contribution in [0.25, 0.3) is 0 Å². The predicted molar refractivity (Wildman–Crippen MR) is 97.2 cm³/mol. The Balaban J connectivity index is 1.77. The van der Waals surface area contributed by atoms with Crippen LogP contribution in [0.4, 0.5) is 0 Å². The molecule has 4 nitrogen and oxygen atoms in total. The molecule has 1 atom stereocenters. The van der Waals surface area contributed by atoms with Crippen molar-refractivity contribution in [2.24, 2.45) is 0 Å². The van der Waals surface area contributed by atoms with Gasteiger partial charge >= 0.3 is 0 Å². The van der Waals surface area contributed by atoms with Gasteiger partial charge in [-0.15, -0.1) is 0 Å². The van der Waals surface area contributed by atoms with E-state index < -0.39 is 6.10 Å². The van der Waals surface area contributed by atoms with Gasteiger partial charge in [0.25, 0.3) is 0 Å². The predicted octanol–water partition coefficient (Wildman–Crippen LogP) is 0.835. The Bertz CT molecular complexity index is 512. The SMILES string of the molecule is CCc1cccc(OC[C@H](O)C[NH2+]C2CC(C)(C)[NH2+]C(C)(C)C2)c1. The maximum absolute atomic E-state index is 10.3. The number of ether oxygens (including phenoxy) is 1. The maximum atomic E-state index is 10.3. The first-order valence-electron chi connectivity index (χ1n) is 9.29. The lowest BCUT2D eigenvalue weighted by atomic mass is 9.79. The Morgan fingerprint density at radius 3 is 2.54 bits per heavy atom. The standard InChI is InChI=1S/C20H34N2O2/c1-6-15-8-7-9-18(10-15)24-14-17(23)13-21-16-11-19(2,3)22-20(4,5)12-16/h7-10,16-17,21-23H,6,11-14H2,1-5H3/p+2/t17-/m1/s1. The number of aliphatic hydroxyl groups is 1. The third-order valence-electron chi connectivity index (χ3n) is 4.85. The Hall–Kier alpha value is -1.10. The molecule has 1 saturated heterocycles. The molecule has 24 heavy (non-hydrogen) atoms. The van der Waals surface area contributed by atoms with E-state index in [1.54, 1.807) is 0 Å². The second-order valence-corrected chi connectivity index (χ2v) is 8.73. The monoisotopic (exact) mass is 336 g/mol. The molecule has 0 spiro atoms. The van der Waals surface area contributed by atoms with Crippen LogP contribution in [-0.4, -0.2) is 41.5 Å². The van der Waals surface area contributed by atoms with Gasteiger partial charge in [-0.05, 0) is 51.8 Å². The summed E-state index contributed by atoms with van der Waals surface area (Å²) in [6, 6.07) is 8.68. The van der Waals surface area contributed by atoms with Crippen molar-refractivity contribution in [2.75, 3.05) is 13.2 Å². The van der Waals surface area contributed by atoms with Crippen molar-refractivity contribution in [2.45, 2.75) is 77.1 Å². The van der Waals surface area contributed by atoms with Crippen molar-refractivity contribution >= 4 is 0 Å². The lowest BCUT2D eigenvalue weighted by Gasteiger charge is -2.41. The average Bonchev–Trinajstić information content (AvgIpc) is 2.48. The molecule has 1 heterocycles. The Morgan fingerprint density at radius 2 is 1.92 bits per heavy atom. The second kappa shape index (κ2) is 7.85. The molecule has 0 saturated carbocycles. The van der Waals surface area contributed by atoms with Gasteiger partial charge in [-0.3, -0.25) is 0 Å². The third kappa shape index (κ3) is 6.08. The highest BCUT2D eigenvalue weighted by Crippen LogP contribution is 2.19. The first kappa shape index (κ1) is 19.2. The van der Waals surface area contributed by atoms with Crippen LogP contribution in [0, 0.1) is 0 Å². The van der Waals surface area contributed by atoms with Crippen molar-refractivity contribution in [1.82, 2.24) is 0 Å². The molecule has 4 heteroatoms. The van der Waals surface area contributed by atoms with Crippen molar-refractivity contribution in [1.29, 1.82) is 0 Å². The Morgan fingerprint density at radius 1 is 1.25 bits per heavy atom. The van der Waals surface area contributed by atoms with Crippen LogP contribution in [0.5, 0.6) is 5.75 Å². The van der Waals surface area contributed by atoms with Crippen molar-refractivity contribution < 1.29 is 20.5 Å². The number of hydrogen-bond donors (Lipinski definition) is 3. The largest absolute Gasteiger partial charge is 0.491 e. The summed E-state index contributed by atoms with van der Waals surface area (Å²) in [7, 11) is 0. The molecule has 2 rings (SSSR count). The molecule has 1 fully saturated rings. The van der Waals surface area contributed by atoms with Gasteiger partial charge in [0, 0.05) is 0 Å². The van der Waals surface area contributed by atoms with Gasteiger partial charge in [0.05, 0.1) is 30.0 Å². The number of hydrogen-bond acceptors (Lipinski definition) is 2. The summed E-state index contributed by atoms with van der Waals surface area (Å²) < 4.78 is 5.76. The van der Waals surface area contributed by atoms with Crippen LogP contribution >= 0.6 is 0 Å². The van der Waals surface area contributed by atoms with Gasteiger partial charge in [-0.2, -0.15) is 0 Å². The number of aryl methyl sites for hydroxylation is 1. The van der Waals surface area contributed by atoms with E-state index in [1.165, 1.54) is 18.4 Å². The van der Waals surface area contributed by atoms with Crippen molar-refractivity contribution in [3.8, 4) is 5.75 Å². The first-order chi connectivity index (χ1) is 11.2. The van der Waals surface area contributed by atoms with Gasteiger partial charge in [0.2, 0.25) is 0 Å². The van der Waals surface area contributed by atoms with E-state index in [0.29, 0.717) is 19.2 Å². The quantitative estimate of drug-likeness (QED) is 0.691. The van der Waals surface area contributed by atoms with E-state index in [4.69, 9.17) is 4.74 Å². The average molecular weight is 337 g/mol. The highest BCUT2D eigenvalue weighted by Gasteiger charge is 2.43. The van der Waals surface area contributed by atoms with Gasteiger partial charge in [-0.25, -0.2) is 0 Å². The van der Waals surface area contributed by atoms with Crippen LogP contribution in [0.15, 0.2) is 24.3 Å². The molecule has 1 aliphatic heterocycles. The number of quaternary nitrogens is 2. The molecule has 0 aromatic heterocycles. The Labute approximate surface area is 147 Å². The van der Waals surface area contributed by atoms with E-state index in [0.717, 1.165) is 12.2 Å². The summed E-state index contributed by atoms with van der Waals surface area (Å²) in [6.07, 6.45) is 2.90. The molecular weight excluding hydrogens is 300 g/mol. The zero-order valence-electron chi connectivity index (χ0n) is 16.0. The van der Waals surface area contributed by atoms with Crippen molar-refractivity contribution in [3.63, 3.8) is 0 Å². The summed E-state index contributed by atoms with van der Waals surface area (Å²) in [4.78, 5) is 0. The van der Waals surface area contributed by atoms with Gasteiger partial charge in [-0.1, -0.05) is 19.1 Å². The summed E-state index contributed by atoms with van der Waals surface area (Å²) in [6.45, 7) is 12.4. The molecule has 0 aliphatic carbocycles. The van der Waals surface area contributed by atoms with E-state index in [-0.39, 0.29) is 11.1 Å².